The fourth-order valence-electron chi connectivity index (χ4n) is 3.82. The Bertz CT molecular complexity index is 1020. The Morgan fingerprint density at radius 2 is 1.84 bits per heavy atom. The van der Waals surface area contributed by atoms with Crippen molar-refractivity contribution in [2.75, 3.05) is 20.8 Å². The van der Waals surface area contributed by atoms with Gasteiger partial charge in [0.1, 0.15) is 17.3 Å². The highest BCUT2D eigenvalue weighted by molar-refractivity contribution is 6.47. The molecule has 1 fully saturated rings. The summed E-state index contributed by atoms with van der Waals surface area (Å²) in [5.74, 6) is -0.734. The zero-order chi connectivity index (χ0) is 22.5. The van der Waals surface area contributed by atoms with Crippen molar-refractivity contribution in [3.05, 3.63) is 64.2 Å². The van der Waals surface area contributed by atoms with Crippen LogP contribution < -0.4 is 9.47 Å². The number of nitrogens with zero attached hydrogens (tertiary/aromatic N) is 1. The van der Waals surface area contributed by atoms with E-state index in [-0.39, 0.29) is 21.9 Å². The molecule has 2 aromatic carbocycles. The van der Waals surface area contributed by atoms with Gasteiger partial charge in [0.15, 0.2) is 0 Å². The zero-order valence-corrected chi connectivity index (χ0v) is 18.6. The summed E-state index contributed by atoms with van der Waals surface area (Å²) in [6, 6.07) is 11.2. The number of carbonyl (C=O) groups is 2. The number of aliphatic hydroxyl groups excluding tert-OH is 1. The number of aliphatic hydroxyl groups is 1. The summed E-state index contributed by atoms with van der Waals surface area (Å²) in [6.07, 6.45) is 2.64. The van der Waals surface area contributed by atoms with Crippen molar-refractivity contribution in [2.45, 2.75) is 32.2 Å². The zero-order valence-electron chi connectivity index (χ0n) is 17.9. The van der Waals surface area contributed by atoms with E-state index in [1.165, 1.54) is 19.1 Å². The van der Waals surface area contributed by atoms with Crippen molar-refractivity contribution in [1.82, 2.24) is 4.90 Å². The van der Waals surface area contributed by atoms with Crippen LogP contribution in [0.4, 0.5) is 0 Å². The van der Waals surface area contributed by atoms with Crippen LogP contribution in [0.3, 0.4) is 0 Å². The molecule has 3 rings (SSSR count). The van der Waals surface area contributed by atoms with Crippen molar-refractivity contribution < 1.29 is 24.2 Å². The smallest absolute Gasteiger partial charge is 0.295 e. The highest BCUT2D eigenvalue weighted by Gasteiger charge is 2.46. The first kappa shape index (κ1) is 22.7. The number of hydrogen-bond donors (Lipinski definition) is 1. The van der Waals surface area contributed by atoms with Gasteiger partial charge in [-0.2, -0.15) is 0 Å². The molecule has 164 valence electrons. The average molecular weight is 444 g/mol. The van der Waals surface area contributed by atoms with Gasteiger partial charge in [-0.3, -0.25) is 9.59 Å². The highest BCUT2D eigenvalue weighted by atomic mass is 35.5. The largest absolute Gasteiger partial charge is 0.507 e. The molecule has 0 bridgehead atoms. The van der Waals surface area contributed by atoms with E-state index in [1.54, 1.807) is 30.3 Å². The first-order chi connectivity index (χ1) is 14.9. The standard InChI is InChI=1S/C24H26ClNO5/c1-4-5-8-13-26-21(16-9-6-7-10-19(16)31-3)20(23(28)24(26)29)22(27)17-14-15(30-2)11-12-18(17)25/h6-7,9-12,14,21,27H,4-5,8,13H2,1-3H3/b22-20+. The van der Waals surface area contributed by atoms with E-state index in [4.69, 9.17) is 21.1 Å². The predicted octanol–water partition coefficient (Wildman–Crippen LogP) is 4.97. The second-order valence-corrected chi connectivity index (χ2v) is 7.69. The van der Waals surface area contributed by atoms with Crippen molar-refractivity contribution in [3.8, 4) is 11.5 Å². The van der Waals surface area contributed by atoms with Gasteiger partial charge < -0.3 is 19.5 Å². The second-order valence-electron chi connectivity index (χ2n) is 7.29. The number of likely N-dealkylation sites (tertiary alicyclic amines) is 1. The number of hydrogen-bond acceptors (Lipinski definition) is 5. The van der Waals surface area contributed by atoms with Gasteiger partial charge in [0.05, 0.1) is 30.9 Å². The molecule has 1 unspecified atom stereocenters. The van der Waals surface area contributed by atoms with Crippen molar-refractivity contribution in [1.29, 1.82) is 0 Å². The molecule has 1 aliphatic heterocycles. The van der Waals surface area contributed by atoms with Crippen LogP contribution in [0.15, 0.2) is 48.0 Å². The highest BCUT2D eigenvalue weighted by Crippen LogP contribution is 2.43. The predicted molar refractivity (Wildman–Crippen MR) is 120 cm³/mol. The molecule has 0 aromatic heterocycles. The van der Waals surface area contributed by atoms with E-state index < -0.39 is 17.7 Å². The molecule has 7 heteroatoms. The van der Waals surface area contributed by atoms with Crippen molar-refractivity contribution in [3.63, 3.8) is 0 Å². The van der Waals surface area contributed by atoms with Crippen LogP contribution in [-0.4, -0.2) is 42.5 Å². The molecule has 0 radical (unpaired) electrons. The fraction of sp³-hybridized carbons (Fsp3) is 0.333. The molecule has 0 aliphatic carbocycles. The number of Topliss-reactive ketones (excluding diaryl/α,β-unsaturated/α-hetero) is 1. The molecule has 1 atom stereocenters. The van der Waals surface area contributed by atoms with E-state index in [2.05, 4.69) is 6.92 Å². The first-order valence-electron chi connectivity index (χ1n) is 10.2. The van der Waals surface area contributed by atoms with Crippen LogP contribution >= 0.6 is 11.6 Å². The Hall–Kier alpha value is -2.99. The van der Waals surface area contributed by atoms with Gasteiger partial charge in [-0.25, -0.2) is 0 Å². The van der Waals surface area contributed by atoms with E-state index >= 15 is 0 Å². The average Bonchev–Trinajstić information content (AvgIpc) is 3.04. The third-order valence-electron chi connectivity index (χ3n) is 5.40. The quantitative estimate of drug-likeness (QED) is 0.270. The minimum absolute atomic E-state index is 0.0128. The van der Waals surface area contributed by atoms with Gasteiger partial charge in [0, 0.05) is 17.7 Å². The molecule has 0 spiro atoms. The summed E-state index contributed by atoms with van der Waals surface area (Å²) in [5.41, 5.74) is 0.842. The molecule has 31 heavy (non-hydrogen) atoms. The number of carbonyl (C=O) groups excluding carboxylic acids is 2. The number of benzene rings is 2. The molecule has 1 aliphatic rings. The summed E-state index contributed by atoms with van der Waals surface area (Å²) >= 11 is 6.32. The molecular weight excluding hydrogens is 418 g/mol. The van der Waals surface area contributed by atoms with Gasteiger partial charge in [-0.05, 0) is 30.7 Å². The Labute approximate surface area is 187 Å². The number of amides is 1. The molecule has 1 heterocycles. The van der Waals surface area contributed by atoms with Gasteiger partial charge in [0.2, 0.25) is 0 Å². The normalized spacial score (nSPS) is 17.8. The molecule has 1 amide bonds. The van der Waals surface area contributed by atoms with E-state index in [0.29, 0.717) is 23.6 Å². The Morgan fingerprint density at radius 3 is 2.52 bits per heavy atom. The number of unbranched alkanes of at least 4 members (excludes halogenated alkanes) is 2. The Morgan fingerprint density at radius 1 is 1.10 bits per heavy atom. The Balaban J connectivity index is 2.21. The van der Waals surface area contributed by atoms with Crippen LogP contribution in [0.2, 0.25) is 5.02 Å². The maximum absolute atomic E-state index is 13.1. The van der Waals surface area contributed by atoms with Gasteiger partial charge in [0.25, 0.3) is 11.7 Å². The first-order valence-corrected chi connectivity index (χ1v) is 10.6. The lowest BCUT2D eigenvalue weighted by Gasteiger charge is -2.26. The van der Waals surface area contributed by atoms with Gasteiger partial charge >= 0.3 is 0 Å². The molecule has 1 saturated heterocycles. The molecular formula is C24H26ClNO5. The minimum Gasteiger partial charge on any atom is -0.507 e. The van der Waals surface area contributed by atoms with E-state index in [1.807, 2.05) is 12.1 Å². The van der Waals surface area contributed by atoms with Crippen LogP contribution in [0.1, 0.15) is 43.4 Å². The maximum atomic E-state index is 13.1. The lowest BCUT2D eigenvalue weighted by molar-refractivity contribution is -0.139. The topological polar surface area (TPSA) is 76.1 Å². The molecule has 2 aromatic rings. The number of rotatable bonds is 8. The third-order valence-corrected chi connectivity index (χ3v) is 5.73. The summed E-state index contributed by atoms with van der Waals surface area (Å²) < 4.78 is 10.7. The van der Waals surface area contributed by atoms with Gasteiger partial charge in [-0.1, -0.05) is 49.6 Å². The summed E-state index contributed by atoms with van der Waals surface area (Å²) in [6.45, 7) is 2.46. The van der Waals surface area contributed by atoms with Crippen LogP contribution in [0.5, 0.6) is 11.5 Å². The third kappa shape index (κ3) is 4.39. The van der Waals surface area contributed by atoms with E-state index in [9.17, 15) is 14.7 Å². The number of ether oxygens (including phenoxy) is 2. The number of methoxy groups -OCH3 is 2. The van der Waals surface area contributed by atoms with Crippen molar-refractivity contribution in [2.24, 2.45) is 0 Å². The summed E-state index contributed by atoms with van der Waals surface area (Å²) in [5, 5.41) is 11.4. The molecule has 6 nitrogen and oxygen atoms in total. The van der Waals surface area contributed by atoms with Crippen LogP contribution in [-0.2, 0) is 9.59 Å². The van der Waals surface area contributed by atoms with Crippen LogP contribution in [0, 0.1) is 0 Å². The Kier molecular flexibility index (Phi) is 7.23. The lowest BCUT2D eigenvalue weighted by atomic mass is 9.94. The van der Waals surface area contributed by atoms with E-state index in [0.717, 1.165) is 19.3 Å². The van der Waals surface area contributed by atoms with Crippen molar-refractivity contribution >= 4 is 29.1 Å². The monoisotopic (exact) mass is 443 g/mol. The number of ketones is 1. The minimum atomic E-state index is -0.782. The SMILES string of the molecule is CCCCCN1C(=O)C(=O)/C(=C(/O)c2cc(OC)ccc2Cl)C1c1ccccc1OC. The maximum Gasteiger partial charge on any atom is 0.295 e. The molecule has 1 N–H and O–H groups in total. The summed E-state index contributed by atoms with van der Waals surface area (Å²) in [7, 11) is 3.02. The molecule has 0 saturated carbocycles. The second kappa shape index (κ2) is 9.88. The fourth-order valence-corrected chi connectivity index (χ4v) is 4.02. The summed E-state index contributed by atoms with van der Waals surface area (Å²) in [4.78, 5) is 27.6. The number of para-hydroxylation sites is 1. The van der Waals surface area contributed by atoms with Crippen LogP contribution in [0.25, 0.3) is 5.76 Å². The lowest BCUT2D eigenvalue weighted by Crippen LogP contribution is -2.30. The number of halogens is 1. The van der Waals surface area contributed by atoms with Gasteiger partial charge in [-0.15, -0.1) is 0 Å².